The normalized spacial score (nSPS) is 12.6. The van der Waals surface area contributed by atoms with E-state index in [0.717, 1.165) is 6.54 Å². The number of nitrogens with one attached hydrogen (secondary N) is 1. The second kappa shape index (κ2) is 4.94. The Balaban J connectivity index is 1.95. The summed E-state index contributed by atoms with van der Waals surface area (Å²) in [6.45, 7) is 5.05. The van der Waals surface area contributed by atoms with Gasteiger partial charge in [0.25, 0.3) is 0 Å². The summed E-state index contributed by atoms with van der Waals surface area (Å²) in [5.74, 6) is 0. The number of pyridine rings is 1. The van der Waals surface area contributed by atoms with Gasteiger partial charge in [-0.3, -0.25) is 4.98 Å². The molecule has 84 valence electrons. The fourth-order valence-electron chi connectivity index (χ4n) is 1.58. The van der Waals surface area contributed by atoms with E-state index < -0.39 is 0 Å². The molecular formula is C13H16N2O. The summed E-state index contributed by atoms with van der Waals surface area (Å²) >= 11 is 0. The van der Waals surface area contributed by atoms with Crippen LogP contribution in [0.15, 0.2) is 41.5 Å². The summed E-state index contributed by atoms with van der Waals surface area (Å²) in [7, 11) is 0. The lowest BCUT2D eigenvalue weighted by Crippen LogP contribution is -2.18. The monoisotopic (exact) mass is 216 g/mol. The summed E-state index contributed by atoms with van der Waals surface area (Å²) in [6.07, 6.45) is 7.19. The number of aryl methyl sites for hydroxylation is 1. The Morgan fingerprint density at radius 2 is 2.31 bits per heavy atom. The van der Waals surface area contributed by atoms with Gasteiger partial charge in [0.1, 0.15) is 0 Å². The molecule has 0 aliphatic rings. The Bertz CT molecular complexity index is 437. The average molecular weight is 216 g/mol. The molecule has 1 unspecified atom stereocenters. The van der Waals surface area contributed by atoms with Crippen LogP contribution in [0.2, 0.25) is 0 Å². The highest BCUT2D eigenvalue weighted by molar-refractivity contribution is 5.21. The van der Waals surface area contributed by atoms with Gasteiger partial charge < -0.3 is 9.73 Å². The van der Waals surface area contributed by atoms with Gasteiger partial charge in [-0.1, -0.05) is 0 Å². The van der Waals surface area contributed by atoms with Crippen molar-refractivity contribution < 1.29 is 4.42 Å². The number of aromatic nitrogens is 1. The van der Waals surface area contributed by atoms with Crippen molar-refractivity contribution in [2.24, 2.45) is 0 Å². The molecule has 2 aromatic rings. The van der Waals surface area contributed by atoms with Crippen molar-refractivity contribution >= 4 is 0 Å². The molecule has 0 spiro atoms. The minimum absolute atomic E-state index is 0.290. The van der Waals surface area contributed by atoms with Gasteiger partial charge in [-0.2, -0.15) is 0 Å². The third-order valence-corrected chi connectivity index (χ3v) is 2.79. The molecule has 0 aromatic carbocycles. The highest BCUT2D eigenvalue weighted by atomic mass is 16.3. The van der Waals surface area contributed by atoms with Crippen LogP contribution in [-0.4, -0.2) is 4.98 Å². The van der Waals surface area contributed by atoms with Crippen molar-refractivity contribution in [2.45, 2.75) is 26.4 Å². The van der Waals surface area contributed by atoms with Crippen LogP contribution >= 0.6 is 0 Å². The van der Waals surface area contributed by atoms with E-state index in [-0.39, 0.29) is 0 Å². The van der Waals surface area contributed by atoms with Crippen molar-refractivity contribution in [1.82, 2.24) is 10.3 Å². The highest BCUT2D eigenvalue weighted by Crippen LogP contribution is 2.13. The minimum Gasteiger partial charge on any atom is -0.472 e. The van der Waals surface area contributed by atoms with Crippen LogP contribution in [0.3, 0.4) is 0 Å². The van der Waals surface area contributed by atoms with Gasteiger partial charge in [0.05, 0.1) is 12.5 Å². The molecule has 0 fully saturated rings. The summed E-state index contributed by atoms with van der Waals surface area (Å²) in [5.41, 5.74) is 3.67. The van der Waals surface area contributed by atoms with Crippen molar-refractivity contribution in [3.63, 3.8) is 0 Å². The molecule has 0 saturated heterocycles. The van der Waals surface area contributed by atoms with Crippen LogP contribution in [0.25, 0.3) is 0 Å². The lowest BCUT2D eigenvalue weighted by Gasteiger charge is -2.12. The quantitative estimate of drug-likeness (QED) is 0.854. The molecule has 0 bridgehead atoms. The number of rotatable bonds is 4. The van der Waals surface area contributed by atoms with Crippen LogP contribution < -0.4 is 5.32 Å². The van der Waals surface area contributed by atoms with Crippen molar-refractivity contribution in [3.8, 4) is 0 Å². The number of furan rings is 1. The Hall–Kier alpha value is -1.61. The SMILES string of the molecule is Cc1ccncc1CNC(C)c1ccoc1. The van der Waals surface area contributed by atoms with E-state index in [0.29, 0.717) is 6.04 Å². The molecule has 1 N–H and O–H groups in total. The molecule has 0 amide bonds. The summed E-state index contributed by atoms with van der Waals surface area (Å²) in [5, 5.41) is 3.44. The van der Waals surface area contributed by atoms with Crippen LogP contribution in [0, 0.1) is 6.92 Å². The Morgan fingerprint density at radius 1 is 1.44 bits per heavy atom. The molecule has 0 saturated carbocycles. The van der Waals surface area contributed by atoms with E-state index in [4.69, 9.17) is 4.42 Å². The maximum Gasteiger partial charge on any atom is 0.0950 e. The molecule has 3 heteroatoms. The predicted molar refractivity (Wildman–Crippen MR) is 62.9 cm³/mol. The van der Waals surface area contributed by atoms with E-state index in [1.807, 2.05) is 24.5 Å². The van der Waals surface area contributed by atoms with Crippen molar-refractivity contribution in [2.75, 3.05) is 0 Å². The van der Waals surface area contributed by atoms with Gasteiger partial charge in [-0.15, -0.1) is 0 Å². The predicted octanol–water partition coefficient (Wildman–Crippen LogP) is 2.83. The fourth-order valence-corrected chi connectivity index (χ4v) is 1.58. The molecule has 16 heavy (non-hydrogen) atoms. The van der Waals surface area contributed by atoms with Gasteiger partial charge in [-0.25, -0.2) is 0 Å². The first-order valence-corrected chi connectivity index (χ1v) is 5.42. The second-order valence-corrected chi connectivity index (χ2v) is 3.96. The molecular weight excluding hydrogens is 200 g/mol. The van der Waals surface area contributed by atoms with E-state index >= 15 is 0 Å². The standard InChI is InChI=1S/C13H16N2O/c1-10-3-5-14-7-13(10)8-15-11(2)12-4-6-16-9-12/h3-7,9,11,15H,8H2,1-2H3. The Labute approximate surface area is 95.5 Å². The highest BCUT2D eigenvalue weighted by Gasteiger charge is 2.06. The lowest BCUT2D eigenvalue weighted by molar-refractivity contribution is 0.537. The maximum atomic E-state index is 5.06. The van der Waals surface area contributed by atoms with Crippen LogP contribution in [-0.2, 0) is 6.54 Å². The molecule has 1 atom stereocenters. The van der Waals surface area contributed by atoms with Crippen LogP contribution in [0.5, 0.6) is 0 Å². The van der Waals surface area contributed by atoms with Crippen molar-refractivity contribution in [3.05, 3.63) is 53.7 Å². The first kappa shape index (κ1) is 10.9. The first-order valence-electron chi connectivity index (χ1n) is 5.42. The Morgan fingerprint density at radius 3 is 3.00 bits per heavy atom. The Kier molecular flexibility index (Phi) is 3.37. The number of hydrogen-bond donors (Lipinski definition) is 1. The maximum absolute atomic E-state index is 5.06. The summed E-state index contributed by atoms with van der Waals surface area (Å²) in [6, 6.07) is 4.30. The molecule has 2 rings (SSSR count). The lowest BCUT2D eigenvalue weighted by atomic mass is 10.1. The largest absolute Gasteiger partial charge is 0.472 e. The van der Waals surface area contributed by atoms with Gasteiger partial charge in [0.15, 0.2) is 0 Å². The topological polar surface area (TPSA) is 38.1 Å². The smallest absolute Gasteiger partial charge is 0.0950 e. The fraction of sp³-hybridized carbons (Fsp3) is 0.308. The molecule has 0 radical (unpaired) electrons. The summed E-state index contributed by atoms with van der Waals surface area (Å²) in [4.78, 5) is 4.13. The van der Waals surface area contributed by atoms with Crippen LogP contribution in [0.1, 0.15) is 29.7 Å². The van der Waals surface area contributed by atoms with Gasteiger partial charge in [0.2, 0.25) is 0 Å². The number of nitrogens with zero attached hydrogens (tertiary/aromatic N) is 1. The van der Waals surface area contributed by atoms with E-state index in [9.17, 15) is 0 Å². The third-order valence-electron chi connectivity index (χ3n) is 2.79. The second-order valence-electron chi connectivity index (χ2n) is 3.96. The van der Waals surface area contributed by atoms with E-state index in [2.05, 4.69) is 24.1 Å². The first-order chi connectivity index (χ1) is 7.77. The molecule has 0 aliphatic carbocycles. The zero-order valence-electron chi connectivity index (χ0n) is 9.60. The molecule has 0 aliphatic heterocycles. The zero-order valence-corrected chi connectivity index (χ0v) is 9.60. The van der Waals surface area contributed by atoms with Gasteiger partial charge >= 0.3 is 0 Å². The molecule has 2 heterocycles. The average Bonchev–Trinajstić information content (AvgIpc) is 2.81. The van der Waals surface area contributed by atoms with Gasteiger partial charge in [-0.05, 0) is 37.1 Å². The van der Waals surface area contributed by atoms with Gasteiger partial charge in [0, 0.05) is 30.5 Å². The van der Waals surface area contributed by atoms with Crippen LogP contribution in [0.4, 0.5) is 0 Å². The van der Waals surface area contributed by atoms with Crippen molar-refractivity contribution in [1.29, 1.82) is 0 Å². The summed E-state index contributed by atoms with van der Waals surface area (Å²) < 4.78 is 5.06. The molecule has 2 aromatic heterocycles. The number of hydrogen-bond acceptors (Lipinski definition) is 3. The van der Waals surface area contributed by atoms with E-state index in [1.54, 1.807) is 12.5 Å². The third kappa shape index (κ3) is 2.49. The minimum atomic E-state index is 0.290. The molecule has 3 nitrogen and oxygen atoms in total. The van der Waals surface area contributed by atoms with E-state index in [1.165, 1.54) is 16.7 Å². The zero-order chi connectivity index (χ0) is 11.4.